The van der Waals surface area contributed by atoms with Crippen molar-refractivity contribution in [3.8, 4) is 5.75 Å². The predicted octanol–water partition coefficient (Wildman–Crippen LogP) is 6.22. The Morgan fingerprint density at radius 2 is 1.52 bits per heavy atom. The molecule has 1 saturated heterocycles. The zero-order valence-electron chi connectivity index (χ0n) is 27.2. The van der Waals surface area contributed by atoms with Crippen molar-refractivity contribution in [2.75, 3.05) is 12.9 Å². The Morgan fingerprint density at radius 1 is 0.932 bits per heavy atom. The van der Waals surface area contributed by atoms with Crippen LogP contribution in [0.3, 0.4) is 0 Å². The molecule has 5 fully saturated rings. The van der Waals surface area contributed by atoms with E-state index in [4.69, 9.17) is 9.47 Å². The number of β-lactam (4-membered cyclic amide) rings is 1. The molecule has 1 heterocycles. The van der Waals surface area contributed by atoms with E-state index in [0.29, 0.717) is 18.9 Å². The number of carbonyl (C=O) groups excluding carboxylic acids is 2. The van der Waals surface area contributed by atoms with Crippen LogP contribution in [0.5, 0.6) is 5.75 Å². The van der Waals surface area contributed by atoms with Gasteiger partial charge in [0, 0.05) is 24.0 Å². The van der Waals surface area contributed by atoms with E-state index in [2.05, 4.69) is 13.8 Å². The van der Waals surface area contributed by atoms with Crippen LogP contribution in [0.1, 0.15) is 116 Å². The first-order valence-corrected chi connectivity index (χ1v) is 18.7. The number of likely N-dealkylation sites (tertiary alicyclic amines) is 1. The molecule has 2 bridgehead atoms. The lowest BCUT2D eigenvalue weighted by Crippen LogP contribution is -2.66. The van der Waals surface area contributed by atoms with Gasteiger partial charge >= 0.3 is 5.97 Å². The molecule has 1 aromatic rings. The van der Waals surface area contributed by atoms with Crippen LogP contribution in [-0.4, -0.2) is 66.1 Å². The van der Waals surface area contributed by atoms with Crippen LogP contribution in [0.25, 0.3) is 0 Å². The van der Waals surface area contributed by atoms with E-state index >= 15 is 0 Å². The van der Waals surface area contributed by atoms with Gasteiger partial charge in [-0.15, -0.1) is 0 Å². The quantitative estimate of drug-likeness (QED) is 0.226. The number of methoxy groups -OCH3 is 1. The van der Waals surface area contributed by atoms with E-state index in [1.807, 2.05) is 28.6 Å². The Balaban J connectivity index is 1.23. The fourth-order valence-electron chi connectivity index (χ4n) is 9.61. The summed E-state index contributed by atoms with van der Waals surface area (Å²) in [6, 6.07) is 7.67. The molecule has 0 unspecified atom stereocenters. The minimum Gasteiger partial charge on any atom is -0.497 e. The first-order chi connectivity index (χ1) is 20.9. The van der Waals surface area contributed by atoms with Crippen molar-refractivity contribution in [1.82, 2.24) is 9.21 Å². The summed E-state index contributed by atoms with van der Waals surface area (Å²) in [5.74, 6) is 0.586. The Bertz CT molecular complexity index is 1320. The van der Waals surface area contributed by atoms with Crippen molar-refractivity contribution in [1.29, 1.82) is 0 Å². The summed E-state index contributed by atoms with van der Waals surface area (Å²) in [7, 11) is -2.00. The molecular formula is C35H52N2O6S. The summed E-state index contributed by atoms with van der Waals surface area (Å²) in [5, 5.41) is 0. The molecular weight excluding hydrogens is 576 g/mol. The third-order valence-corrected chi connectivity index (χ3v) is 14.7. The van der Waals surface area contributed by atoms with Crippen molar-refractivity contribution in [2.24, 2.45) is 16.7 Å². The maximum absolute atomic E-state index is 14.7. The molecule has 4 saturated carbocycles. The van der Waals surface area contributed by atoms with Crippen LogP contribution in [0, 0.1) is 16.7 Å². The van der Waals surface area contributed by atoms with E-state index in [1.54, 1.807) is 18.9 Å². The number of ether oxygens (including phenoxy) is 2. The van der Waals surface area contributed by atoms with Gasteiger partial charge in [0.05, 0.1) is 19.3 Å². The highest BCUT2D eigenvalue weighted by molar-refractivity contribution is 7.89. The third-order valence-electron chi connectivity index (χ3n) is 12.6. The van der Waals surface area contributed by atoms with Crippen LogP contribution in [-0.2, 0) is 30.9 Å². The minimum atomic E-state index is -3.61. The van der Waals surface area contributed by atoms with Gasteiger partial charge in [0.2, 0.25) is 15.9 Å². The highest BCUT2D eigenvalue weighted by Gasteiger charge is 2.68. The Kier molecular flexibility index (Phi) is 8.61. The molecule has 4 atom stereocenters. The van der Waals surface area contributed by atoms with E-state index in [-0.39, 0.29) is 35.6 Å². The molecule has 244 valence electrons. The van der Waals surface area contributed by atoms with Gasteiger partial charge in [0.1, 0.15) is 17.4 Å². The normalized spacial score (nSPS) is 32.6. The second kappa shape index (κ2) is 11.9. The van der Waals surface area contributed by atoms with Gasteiger partial charge in [0.15, 0.2) is 0 Å². The van der Waals surface area contributed by atoms with Crippen molar-refractivity contribution in [2.45, 2.75) is 141 Å². The lowest BCUT2D eigenvalue weighted by atomic mass is 9.69. The summed E-state index contributed by atoms with van der Waals surface area (Å²) < 4.78 is 43.1. The van der Waals surface area contributed by atoms with Gasteiger partial charge in [-0.25, -0.2) is 13.2 Å². The van der Waals surface area contributed by atoms with Crippen LogP contribution < -0.4 is 4.74 Å². The zero-order chi connectivity index (χ0) is 31.3. The summed E-state index contributed by atoms with van der Waals surface area (Å²) >= 11 is 0. The summed E-state index contributed by atoms with van der Waals surface area (Å²) in [6.45, 7) is 6.49. The van der Waals surface area contributed by atoms with Gasteiger partial charge < -0.3 is 14.4 Å². The van der Waals surface area contributed by atoms with Crippen LogP contribution in [0.4, 0.5) is 0 Å². The average Bonchev–Trinajstić information content (AvgIpc) is 3.36. The lowest BCUT2D eigenvalue weighted by molar-refractivity contribution is -0.187. The van der Waals surface area contributed by atoms with Gasteiger partial charge in [0.25, 0.3) is 0 Å². The average molecular weight is 629 g/mol. The van der Waals surface area contributed by atoms with Crippen LogP contribution in [0.2, 0.25) is 0 Å². The number of hydrogen-bond donors (Lipinski definition) is 0. The topological polar surface area (TPSA) is 93.2 Å². The van der Waals surface area contributed by atoms with Gasteiger partial charge in [-0.3, -0.25) is 4.79 Å². The maximum atomic E-state index is 14.7. The number of esters is 1. The molecule has 4 aliphatic carbocycles. The first-order valence-electron chi connectivity index (χ1n) is 17.1. The molecule has 1 aliphatic heterocycles. The van der Waals surface area contributed by atoms with Crippen LogP contribution >= 0.6 is 0 Å². The molecule has 0 aromatic heterocycles. The van der Waals surface area contributed by atoms with Gasteiger partial charge in [-0.2, -0.15) is 4.31 Å². The van der Waals surface area contributed by atoms with Crippen LogP contribution in [0.15, 0.2) is 24.3 Å². The third kappa shape index (κ3) is 5.37. The molecule has 1 amide bonds. The van der Waals surface area contributed by atoms with Crippen molar-refractivity contribution in [3.05, 3.63) is 29.8 Å². The van der Waals surface area contributed by atoms with E-state index in [0.717, 1.165) is 75.5 Å². The summed E-state index contributed by atoms with van der Waals surface area (Å²) in [4.78, 5) is 28.4. The minimum absolute atomic E-state index is 0.0413. The van der Waals surface area contributed by atoms with Gasteiger partial charge in [-0.05, 0) is 80.9 Å². The van der Waals surface area contributed by atoms with Crippen molar-refractivity contribution < 1.29 is 27.5 Å². The highest BCUT2D eigenvalue weighted by atomic mass is 32.2. The molecule has 0 radical (unpaired) electrons. The lowest BCUT2D eigenvalue weighted by Gasteiger charge is -2.50. The second-order valence-corrected chi connectivity index (χ2v) is 17.1. The monoisotopic (exact) mass is 628 g/mol. The molecule has 6 rings (SSSR count). The number of hydrogen-bond acceptors (Lipinski definition) is 6. The number of carbonyl (C=O) groups is 2. The number of fused-ring (bicyclic) bond motifs is 2. The molecule has 0 N–H and O–H groups in total. The zero-order valence-corrected chi connectivity index (χ0v) is 28.0. The highest BCUT2D eigenvalue weighted by Crippen LogP contribution is 2.67. The largest absolute Gasteiger partial charge is 0.497 e. The number of nitrogens with zero attached hydrogens (tertiary/aromatic N) is 2. The summed E-state index contributed by atoms with van der Waals surface area (Å²) in [6.07, 6.45) is 12.5. The first kappa shape index (κ1) is 31.8. The molecule has 9 heteroatoms. The SMILES string of the molecule is COc1ccc(CN2C(=O)C[C@@]2(C)C(=O)O[C@H]2C[C@@H]3CC[C@@]2(CS(=O)(=O)N(C2CCCCC2)C2CCCCC2)C3(C)C)cc1. The van der Waals surface area contributed by atoms with E-state index < -0.39 is 33.1 Å². The standard InChI is InChI=1S/C35H52N2O6S/c1-33(2)26-19-20-35(33,24-44(40,41)37(27-11-7-5-8-12-27)28-13-9-6-10-14-28)30(21-26)43-32(39)34(3)22-31(38)36(34)23-25-15-17-29(42-4)18-16-25/h15-18,26-28,30H,5-14,19-24H2,1-4H3/t26-,30-,34-,35-/m0/s1. The molecule has 1 aromatic carbocycles. The smallest absolute Gasteiger partial charge is 0.332 e. The Hall–Kier alpha value is -2.13. The van der Waals surface area contributed by atoms with E-state index in [1.165, 1.54) is 12.8 Å². The number of rotatable bonds is 10. The molecule has 5 aliphatic rings. The molecule has 0 spiro atoms. The molecule has 44 heavy (non-hydrogen) atoms. The maximum Gasteiger partial charge on any atom is 0.332 e. The second-order valence-electron chi connectivity index (χ2n) is 15.2. The number of sulfonamides is 1. The summed E-state index contributed by atoms with van der Waals surface area (Å²) in [5.41, 5.74) is -1.07. The fourth-order valence-corrected chi connectivity index (χ4v) is 12.4. The van der Waals surface area contributed by atoms with E-state index in [9.17, 15) is 18.0 Å². The number of benzene rings is 1. The Morgan fingerprint density at radius 3 is 2.05 bits per heavy atom. The number of amides is 1. The Labute approximate surface area is 264 Å². The fraction of sp³-hybridized carbons (Fsp3) is 0.771. The molecule has 8 nitrogen and oxygen atoms in total. The van der Waals surface area contributed by atoms with Crippen molar-refractivity contribution in [3.63, 3.8) is 0 Å². The van der Waals surface area contributed by atoms with Gasteiger partial charge in [-0.1, -0.05) is 64.5 Å². The van der Waals surface area contributed by atoms with Crippen molar-refractivity contribution >= 4 is 21.9 Å². The predicted molar refractivity (Wildman–Crippen MR) is 169 cm³/mol.